The van der Waals surface area contributed by atoms with Crippen LogP contribution in [0.2, 0.25) is 0 Å². The number of fused-ring (bicyclic) bond motifs is 4. The third-order valence-corrected chi connectivity index (χ3v) is 5.69. The number of allylic oxidation sites excluding steroid dienone is 1. The van der Waals surface area contributed by atoms with Crippen LogP contribution in [0.5, 0.6) is 0 Å². The van der Waals surface area contributed by atoms with Crippen molar-refractivity contribution in [2.45, 2.75) is 32.2 Å². The molecule has 0 spiro atoms. The number of hydrogen-bond acceptors (Lipinski definition) is 2. The molecule has 3 aromatic carbocycles. The summed E-state index contributed by atoms with van der Waals surface area (Å²) in [5.41, 5.74) is 7.00. The van der Waals surface area contributed by atoms with Gasteiger partial charge in [0.25, 0.3) is 0 Å². The highest BCUT2D eigenvalue weighted by molar-refractivity contribution is 6.12. The summed E-state index contributed by atoms with van der Waals surface area (Å²) < 4.78 is 0. The molecule has 0 saturated carbocycles. The van der Waals surface area contributed by atoms with Crippen molar-refractivity contribution in [2.75, 3.05) is 5.32 Å². The molecular weight excluding hydrogens is 318 g/mol. The number of Topliss-reactive ketones (excluding diaryl/α,β-unsaturated/α-hetero) is 1. The Balaban J connectivity index is 1.78. The molecule has 3 aromatic rings. The summed E-state index contributed by atoms with van der Waals surface area (Å²) in [5, 5.41) is 6.14. The van der Waals surface area contributed by atoms with E-state index in [0.29, 0.717) is 12.2 Å². The lowest BCUT2D eigenvalue weighted by Gasteiger charge is -2.35. The lowest BCUT2D eigenvalue weighted by molar-refractivity contribution is -0.116. The maximum Gasteiger partial charge on any atom is 0.161 e. The predicted molar refractivity (Wildman–Crippen MR) is 107 cm³/mol. The molecule has 2 nitrogen and oxygen atoms in total. The maximum absolute atomic E-state index is 12.9. The molecule has 0 amide bonds. The number of rotatable bonds is 1. The van der Waals surface area contributed by atoms with Gasteiger partial charge < -0.3 is 5.32 Å². The molecule has 2 aliphatic rings. The SMILES string of the molecule is Cc1ccc(C2Nc3ccc4ccccc4c3C3=C2C(=O)CCC3)cc1. The minimum Gasteiger partial charge on any atom is -0.373 e. The van der Waals surface area contributed by atoms with E-state index < -0.39 is 0 Å². The molecule has 26 heavy (non-hydrogen) atoms. The lowest BCUT2D eigenvalue weighted by atomic mass is 9.77. The van der Waals surface area contributed by atoms with Crippen LogP contribution in [0, 0.1) is 6.92 Å². The van der Waals surface area contributed by atoms with Crippen molar-refractivity contribution in [3.05, 3.63) is 82.9 Å². The average Bonchev–Trinajstić information content (AvgIpc) is 2.68. The summed E-state index contributed by atoms with van der Waals surface area (Å²) in [6.45, 7) is 2.09. The van der Waals surface area contributed by atoms with Crippen molar-refractivity contribution >= 4 is 27.8 Å². The number of aryl methyl sites for hydroxylation is 1. The quantitative estimate of drug-likeness (QED) is 0.605. The van der Waals surface area contributed by atoms with Crippen LogP contribution in [0.15, 0.2) is 66.2 Å². The van der Waals surface area contributed by atoms with E-state index in [4.69, 9.17) is 0 Å². The second kappa shape index (κ2) is 5.84. The van der Waals surface area contributed by atoms with Crippen molar-refractivity contribution in [3.63, 3.8) is 0 Å². The zero-order valence-corrected chi connectivity index (χ0v) is 14.9. The van der Waals surface area contributed by atoms with Crippen LogP contribution < -0.4 is 5.32 Å². The van der Waals surface area contributed by atoms with Gasteiger partial charge in [0.05, 0.1) is 6.04 Å². The first kappa shape index (κ1) is 15.4. The Morgan fingerprint density at radius 3 is 2.58 bits per heavy atom. The standard InChI is InChI=1S/C24H21NO/c1-15-9-11-17(12-10-15)24-23-19(7-4-8-21(23)26)22-18-6-3-2-5-16(18)13-14-20(22)25-24/h2-3,5-6,9-14,24-25H,4,7-8H2,1H3. The van der Waals surface area contributed by atoms with E-state index in [2.05, 4.69) is 72.9 Å². The fraction of sp³-hybridized carbons (Fsp3) is 0.208. The van der Waals surface area contributed by atoms with Crippen molar-refractivity contribution in [1.29, 1.82) is 0 Å². The third-order valence-electron chi connectivity index (χ3n) is 5.69. The molecule has 0 saturated heterocycles. The van der Waals surface area contributed by atoms with Crippen molar-refractivity contribution in [2.24, 2.45) is 0 Å². The number of nitrogens with one attached hydrogen (secondary N) is 1. The Kier molecular flexibility index (Phi) is 3.46. The normalized spacial score (nSPS) is 19.1. The van der Waals surface area contributed by atoms with Crippen molar-refractivity contribution in [1.82, 2.24) is 0 Å². The summed E-state index contributed by atoms with van der Waals surface area (Å²) >= 11 is 0. The molecule has 2 heteroatoms. The van der Waals surface area contributed by atoms with Crippen molar-refractivity contribution < 1.29 is 4.79 Å². The molecule has 1 unspecified atom stereocenters. The molecule has 1 heterocycles. The topological polar surface area (TPSA) is 29.1 Å². The summed E-state index contributed by atoms with van der Waals surface area (Å²) in [7, 11) is 0. The van der Waals surface area contributed by atoms with Gasteiger partial charge in [-0.25, -0.2) is 0 Å². The smallest absolute Gasteiger partial charge is 0.161 e. The van der Waals surface area contributed by atoms with Crippen molar-refractivity contribution in [3.8, 4) is 0 Å². The zero-order chi connectivity index (χ0) is 17.7. The Labute approximate surface area is 153 Å². The van der Waals surface area contributed by atoms with Gasteiger partial charge in [-0.05, 0) is 47.7 Å². The Bertz CT molecular complexity index is 1060. The molecule has 0 bridgehead atoms. The maximum atomic E-state index is 12.9. The molecule has 1 aliphatic heterocycles. The van der Waals surface area contributed by atoms with Gasteiger partial charge in [0.1, 0.15) is 0 Å². The number of anilines is 1. The highest BCUT2D eigenvalue weighted by atomic mass is 16.1. The second-order valence-corrected chi connectivity index (χ2v) is 7.37. The van der Waals surface area contributed by atoms with Gasteiger partial charge in [-0.1, -0.05) is 60.2 Å². The highest BCUT2D eigenvalue weighted by Crippen LogP contribution is 2.47. The van der Waals surface area contributed by atoms with Gasteiger partial charge in [0.15, 0.2) is 5.78 Å². The number of carbonyl (C=O) groups excluding carboxylic acids is 1. The molecule has 0 radical (unpaired) electrons. The van der Waals surface area contributed by atoms with Crippen LogP contribution in [-0.4, -0.2) is 5.78 Å². The number of carbonyl (C=O) groups is 1. The Morgan fingerprint density at radius 2 is 1.73 bits per heavy atom. The molecule has 0 fully saturated rings. The predicted octanol–water partition coefficient (Wildman–Crippen LogP) is 5.82. The van der Waals surface area contributed by atoms with Crippen LogP contribution >= 0.6 is 0 Å². The Hall–Kier alpha value is -2.87. The Morgan fingerprint density at radius 1 is 0.923 bits per heavy atom. The van der Waals surface area contributed by atoms with E-state index in [1.165, 1.54) is 27.5 Å². The molecule has 1 N–H and O–H groups in total. The van der Waals surface area contributed by atoms with E-state index in [0.717, 1.165) is 29.7 Å². The van der Waals surface area contributed by atoms with E-state index >= 15 is 0 Å². The lowest BCUT2D eigenvalue weighted by Crippen LogP contribution is -2.27. The van der Waals surface area contributed by atoms with Crippen LogP contribution in [-0.2, 0) is 4.79 Å². The second-order valence-electron chi connectivity index (χ2n) is 7.37. The molecule has 5 rings (SSSR count). The number of hydrogen-bond donors (Lipinski definition) is 1. The monoisotopic (exact) mass is 339 g/mol. The molecular formula is C24H21NO. The van der Waals surface area contributed by atoms with E-state index in [9.17, 15) is 4.79 Å². The van der Waals surface area contributed by atoms with Gasteiger partial charge in [-0.15, -0.1) is 0 Å². The molecule has 0 aromatic heterocycles. The van der Waals surface area contributed by atoms with Crippen LogP contribution in [0.25, 0.3) is 16.3 Å². The fourth-order valence-corrected chi connectivity index (χ4v) is 4.41. The first-order valence-corrected chi connectivity index (χ1v) is 9.34. The van der Waals surface area contributed by atoms with Crippen LogP contribution in [0.1, 0.15) is 42.0 Å². The minimum atomic E-state index is -0.0490. The number of ketones is 1. The molecule has 1 aliphatic carbocycles. The first-order chi connectivity index (χ1) is 12.7. The average molecular weight is 339 g/mol. The van der Waals surface area contributed by atoms with E-state index in [1.807, 2.05) is 0 Å². The molecule has 128 valence electrons. The first-order valence-electron chi connectivity index (χ1n) is 9.34. The van der Waals surface area contributed by atoms with Gasteiger partial charge >= 0.3 is 0 Å². The van der Waals surface area contributed by atoms with E-state index in [1.54, 1.807) is 0 Å². The largest absolute Gasteiger partial charge is 0.373 e. The van der Waals surface area contributed by atoms with Gasteiger partial charge in [-0.2, -0.15) is 0 Å². The summed E-state index contributed by atoms with van der Waals surface area (Å²) in [6.07, 6.45) is 2.58. The van der Waals surface area contributed by atoms with Crippen LogP contribution in [0.3, 0.4) is 0 Å². The van der Waals surface area contributed by atoms with Crippen LogP contribution in [0.4, 0.5) is 5.69 Å². The highest BCUT2D eigenvalue weighted by Gasteiger charge is 2.34. The minimum absolute atomic E-state index is 0.0490. The molecule has 1 atom stereocenters. The summed E-state index contributed by atoms with van der Waals surface area (Å²) in [5.74, 6) is 0.294. The van der Waals surface area contributed by atoms with Gasteiger partial charge in [0.2, 0.25) is 0 Å². The summed E-state index contributed by atoms with van der Waals surface area (Å²) in [4.78, 5) is 12.9. The van der Waals surface area contributed by atoms with Gasteiger partial charge in [-0.3, -0.25) is 4.79 Å². The third kappa shape index (κ3) is 2.29. The number of benzene rings is 3. The fourth-order valence-electron chi connectivity index (χ4n) is 4.41. The van der Waals surface area contributed by atoms with Gasteiger partial charge in [0, 0.05) is 23.2 Å². The summed E-state index contributed by atoms with van der Waals surface area (Å²) in [6, 6.07) is 21.3. The zero-order valence-electron chi connectivity index (χ0n) is 14.9. The van der Waals surface area contributed by atoms with E-state index in [-0.39, 0.29) is 6.04 Å².